The van der Waals surface area contributed by atoms with E-state index in [-0.39, 0.29) is 5.56 Å². The lowest BCUT2D eigenvalue weighted by atomic mass is 9.99. The summed E-state index contributed by atoms with van der Waals surface area (Å²) < 4.78 is 1.60. The molecule has 0 spiro atoms. The van der Waals surface area contributed by atoms with Crippen LogP contribution in [0.25, 0.3) is 17.1 Å². The highest BCUT2D eigenvalue weighted by Gasteiger charge is 2.26. The Morgan fingerprint density at radius 1 is 1.05 bits per heavy atom. The number of amides is 1. The molecule has 4 heterocycles. The van der Waals surface area contributed by atoms with Crippen molar-refractivity contribution in [2.24, 2.45) is 0 Å². The fourth-order valence-corrected chi connectivity index (χ4v) is 4.66. The summed E-state index contributed by atoms with van der Waals surface area (Å²) in [6, 6.07) is 15.4. The molecule has 1 aliphatic heterocycles. The number of carbonyl (C=O) groups excluding carboxylic acids is 1. The lowest BCUT2D eigenvalue weighted by Crippen LogP contribution is -2.29. The molecule has 0 radical (unpaired) electrons. The van der Waals surface area contributed by atoms with E-state index in [9.17, 15) is 9.59 Å². The van der Waals surface area contributed by atoms with Gasteiger partial charge in [-0.3, -0.25) is 15.1 Å². The molecular formula is C29H30N6O3. The number of hydrogen-bond acceptors (Lipinski definition) is 7. The van der Waals surface area contributed by atoms with E-state index in [1.807, 2.05) is 62.4 Å². The van der Waals surface area contributed by atoms with Crippen LogP contribution < -0.4 is 16.4 Å². The summed E-state index contributed by atoms with van der Waals surface area (Å²) in [6.45, 7) is 5.96. The maximum Gasteiger partial charge on any atom is 0.427 e. The van der Waals surface area contributed by atoms with E-state index in [2.05, 4.69) is 22.7 Å². The molecule has 194 valence electrons. The molecule has 0 saturated carbocycles. The van der Waals surface area contributed by atoms with Gasteiger partial charge in [-0.1, -0.05) is 43.7 Å². The van der Waals surface area contributed by atoms with Gasteiger partial charge in [0, 0.05) is 35.5 Å². The molecule has 2 N–H and O–H groups in total. The second-order valence-corrected chi connectivity index (χ2v) is 9.42. The fourth-order valence-electron chi connectivity index (χ4n) is 4.66. The Morgan fingerprint density at radius 2 is 1.89 bits per heavy atom. The summed E-state index contributed by atoms with van der Waals surface area (Å²) in [7, 11) is 0. The molecule has 38 heavy (non-hydrogen) atoms. The van der Waals surface area contributed by atoms with Crippen LogP contribution in [0.5, 0.6) is 0 Å². The first-order valence-electron chi connectivity index (χ1n) is 12.8. The molecule has 0 bridgehead atoms. The van der Waals surface area contributed by atoms with Crippen molar-refractivity contribution in [3.63, 3.8) is 0 Å². The zero-order chi connectivity index (χ0) is 26.6. The van der Waals surface area contributed by atoms with Crippen molar-refractivity contribution in [3.8, 4) is 17.1 Å². The van der Waals surface area contributed by atoms with Crippen LogP contribution in [0.4, 0.5) is 4.79 Å². The maximum absolute atomic E-state index is 13.8. The van der Waals surface area contributed by atoms with Crippen LogP contribution in [0.1, 0.15) is 59.7 Å². The van der Waals surface area contributed by atoms with Crippen molar-refractivity contribution in [1.29, 1.82) is 0 Å². The summed E-state index contributed by atoms with van der Waals surface area (Å²) in [5, 5.41) is 2.73. The van der Waals surface area contributed by atoms with E-state index in [4.69, 9.17) is 14.8 Å². The number of hydroxylamine groups is 1. The van der Waals surface area contributed by atoms with Crippen LogP contribution in [0.3, 0.4) is 0 Å². The highest BCUT2D eigenvalue weighted by atomic mass is 16.7. The average Bonchev–Trinajstić information content (AvgIpc) is 3.36. The summed E-state index contributed by atoms with van der Waals surface area (Å²) in [5.41, 5.74) is 8.49. The summed E-state index contributed by atoms with van der Waals surface area (Å²) in [5.74, 6) is 1.20. The molecule has 1 amide bonds. The smallest absolute Gasteiger partial charge is 0.351 e. The van der Waals surface area contributed by atoms with E-state index < -0.39 is 12.3 Å². The number of pyridine rings is 2. The first kappa shape index (κ1) is 25.3. The number of aromatic nitrogens is 4. The number of benzene rings is 1. The Balaban J connectivity index is 1.49. The van der Waals surface area contributed by atoms with E-state index in [1.165, 1.54) is 0 Å². The molecule has 9 heteroatoms. The topological polar surface area (TPSA) is 111 Å². The number of hydrogen-bond donors (Lipinski definition) is 2. The molecule has 1 fully saturated rings. The number of aryl methyl sites for hydroxylation is 3. The van der Waals surface area contributed by atoms with Crippen molar-refractivity contribution in [3.05, 3.63) is 105 Å². The van der Waals surface area contributed by atoms with Crippen LogP contribution in [-0.4, -0.2) is 25.6 Å². The van der Waals surface area contributed by atoms with Crippen molar-refractivity contribution < 1.29 is 9.63 Å². The van der Waals surface area contributed by atoms with Gasteiger partial charge in [0.1, 0.15) is 17.8 Å². The van der Waals surface area contributed by atoms with Crippen LogP contribution in [-0.2, 0) is 17.7 Å². The minimum Gasteiger partial charge on any atom is -0.351 e. The standard InChI is InChI=1S/C29H30N6O3/c1-4-5-10-25-23(28(36)35(19(3)32-25)26-15-18(2)13-14-30-26)16-20-11-12-24(31-17-20)21-8-6-7-9-22(21)27-33-29(37)38-34-27/h6-9,11-15,17,27,34H,4-5,10,16H2,1-3H3,(H,33,37). The van der Waals surface area contributed by atoms with Gasteiger partial charge in [-0.05, 0) is 56.0 Å². The van der Waals surface area contributed by atoms with Gasteiger partial charge in [-0.25, -0.2) is 19.3 Å². The fraction of sp³-hybridized carbons (Fsp3) is 0.276. The molecule has 1 saturated heterocycles. The zero-order valence-corrected chi connectivity index (χ0v) is 21.7. The Kier molecular flexibility index (Phi) is 7.28. The van der Waals surface area contributed by atoms with Crippen molar-refractivity contribution in [2.75, 3.05) is 0 Å². The summed E-state index contributed by atoms with van der Waals surface area (Å²) in [4.78, 5) is 44.2. The molecule has 0 aliphatic carbocycles. The molecular weight excluding hydrogens is 480 g/mol. The first-order valence-corrected chi connectivity index (χ1v) is 12.8. The van der Waals surface area contributed by atoms with Gasteiger partial charge < -0.3 is 4.84 Å². The number of rotatable bonds is 8. The number of nitrogens with one attached hydrogen (secondary N) is 2. The van der Waals surface area contributed by atoms with Crippen LogP contribution >= 0.6 is 0 Å². The minimum atomic E-state index is -0.523. The SMILES string of the molecule is CCCCc1nc(C)n(-c2cc(C)ccn2)c(=O)c1Cc1ccc(-c2ccccc2C2NOC(=O)N2)nc1. The third-order valence-corrected chi connectivity index (χ3v) is 6.61. The van der Waals surface area contributed by atoms with Gasteiger partial charge in [-0.2, -0.15) is 0 Å². The quantitative estimate of drug-likeness (QED) is 0.359. The number of carbonyl (C=O) groups is 1. The van der Waals surface area contributed by atoms with Crippen LogP contribution in [0.15, 0.2) is 65.7 Å². The lowest BCUT2D eigenvalue weighted by Gasteiger charge is -2.16. The van der Waals surface area contributed by atoms with Crippen LogP contribution in [0.2, 0.25) is 0 Å². The van der Waals surface area contributed by atoms with Gasteiger partial charge >= 0.3 is 6.09 Å². The van der Waals surface area contributed by atoms with E-state index >= 15 is 0 Å². The molecule has 1 aromatic carbocycles. The Labute approximate surface area is 220 Å². The maximum atomic E-state index is 13.8. The van der Waals surface area contributed by atoms with E-state index in [0.717, 1.165) is 52.9 Å². The highest BCUT2D eigenvalue weighted by molar-refractivity contribution is 5.71. The zero-order valence-electron chi connectivity index (χ0n) is 21.7. The number of nitrogens with zero attached hydrogens (tertiary/aromatic N) is 4. The molecule has 4 aromatic rings. The molecule has 1 atom stereocenters. The Hall–Kier alpha value is -4.37. The first-order chi connectivity index (χ1) is 18.4. The average molecular weight is 511 g/mol. The van der Waals surface area contributed by atoms with Crippen molar-refractivity contribution in [2.45, 2.75) is 52.6 Å². The molecule has 1 unspecified atom stereocenters. The Bertz CT molecular complexity index is 1530. The Morgan fingerprint density at radius 3 is 2.61 bits per heavy atom. The van der Waals surface area contributed by atoms with Crippen molar-refractivity contribution >= 4 is 6.09 Å². The predicted octanol–water partition coefficient (Wildman–Crippen LogP) is 4.48. The molecule has 1 aliphatic rings. The third kappa shape index (κ3) is 5.19. The minimum absolute atomic E-state index is 0.0980. The third-order valence-electron chi connectivity index (χ3n) is 6.61. The van der Waals surface area contributed by atoms with Gasteiger partial charge in [0.2, 0.25) is 0 Å². The monoisotopic (exact) mass is 510 g/mol. The van der Waals surface area contributed by atoms with Gasteiger partial charge in [-0.15, -0.1) is 5.48 Å². The lowest BCUT2D eigenvalue weighted by molar-refractivity contribution is 0.122. The van der Waals surface area contributed by atoms with E-state index in [0.29, 0.717) is 23.6 Å². The largest absolute Gasteiger partial charge is 0.427 e. The predicted molar refractivity (Wildman–Crippen MR) is 144 cm³/mol. The van der Waals surface area contributed by atoms with Gasteiger partial charge in [0.05, 0.1) is 11.4 Å². The normalized spacial score (nSPS) is 14.8. The highest BCUT2D eigenvalue weighted by Crippen LogP contribution is 2.27. The molecule has 3 aromatic heterocycles. The van der Waals surface area contributed by atoms with Gasteiger partial charge in [0.25, 0.3) is 5.56 Å². The van der Waals surface area contributed by atoms with E-state index in [1.54, 1.807) is 17.0 Å². The summed E-state index contributed by atoms with van der Waals surface area (Å²) >= 11 is 0. The van der Waals surface area contributed by atoms with Crippen molar-refractivity contribution in [1.82, 2.24) is 30.3 Å². The molecule has 9 nitrogen and oxygen atoms in total. The second-order valence-electron chi connectivity index (χ2n) is 9.42. The second kappa shape index (κ2) is 10.9. The van der Waals surface area contributed by atoms with Gasteiger partial charge in [0.15, 0.2) is 0 Å². The van der Waals surface area contributed by atoms with Crippen LogP contribution in [0, 0.1) is 13.8 Å². The molecule has 5 rings (SSSR count). The number of unbranched alkanes of at least 4 members (excludes halogenated alkanes) is 1. The summed E-state index contributed by atoms with van der Waals surface area (Å²) in [6.07, 6.45) is 5.64.